The van der Waals surface area contributed by atoms with Gasteiger partial charge in [0, 0.05) is 44.7 Å². The first-order chi connectivity index (χ1) is 21.4. The normalized spacial score (nSPS) is 24.9. The van der Waals surface area contributed by atoms with Gasteiger partial charge >= 0.3 is 12.1 Å². The summed E-state index contributed by atoms with van der Waals surface area (Å²) in [6.45, 7) is 5.45. The van der Waals surface area contributed by atoms with Gasteiger partial charge in [-0.05, 0) is 44.1 Å². The number of carboxylic acids is 1. The number of allylic oxidation sites excluding steroid dienone is 2. The molecule has 1 spiro atoms. The maximum Gasteiger partial charge on any atom is 0.427 e. The van der Waals surface area contributed by atoms with Gasteiger partial charge in [0.05, 0.1) is 0 Å². The number of halogens is 3. The van der Waals surface area contributed by atoms with E-state index in [0.29, 0.717) is 44.7 Å². The minimum Gasteiger partial charge on any atom is -0.480 e. The second-order valence-corrected chi connectivity index (χ2v) is 12.0. The van der Waals surface area contributed by atoms with Gasteiger partial charge < -0.3 is 30.7 Å². The summed E-state index contributed by atoms with van der Waals surface area (Å²) in [6.07, 6.45) is 0.112. The Hall–Kier alpha value is -4.13. The number of alkyl halides is 3. The zero-order valence-electron chi connectivity index (χ0n) is 25.3. The summed E-state index contributed by atoms with van der Waals surface area (Å²) in [7, 11) is 0. The van der Waals surface area contributed by atoms with Crippen LogP contribution in [0.2, 0.25) is 0 Å². The molecule has 10 nitrogen and oxygen atoms in total. The molecule has 2 aliphatic heterocycles. The first-order valence-electron chi connectivity index (χ1n) is 15.2. The number of nitrogens with two attached hydrogens (primary N) is 1. The maximum absolute atomic E-state index is 15.0. The Morgan fingerprint density at radius 3 is 2.33 bits per heavy atom. The average molecular weight is 629 g/mol. The first kappa shape index (κ1) is 32.3. The number of hydrogen-bond acceptors (Lipinski definition) is 8. The molecular weight excluding hydrogens is 589 g/mol. The van der Waals surface area contributed by atoms with Crippen molar-refractivity contribution in [1.29, 1.82) is 0 Å². The Labute approximate surface area is 260 Å². The minimum absolute atomic E-state index is 0.173. The standard InChI is InChI=1S/C32H39F3N6O4/c1-3-40(4-2)28(44)31(12-10-22(11-13-31)21-8-6-5-7-9-21)27(32(33,34)35)45-25-18-24(38-29(36)39-25)41-16-14-30(15-17-41)19-23(26(42)43)37-20-30/h5-13,18,22-23,27,37H,3-4,14-17,19-20H2,1-2H3,(H,42,43)(H2,36,38,39)/t22?,23?,27-,31?/m1/s1. The lowest BCUT2D eigenvalue weighted by molar-refractivity contribution is -0.219. The summed E-state index contributed by atoms with van der Waals surface area (Å²) in [5.74, 6) is -2.29. The molecule has 2 atom stereocenters. The van der Waals surface area contributed by atoms with Crippen LogP contribution < -0.4 is 20.7 Å². The summed E-state index contributed by atoms with van der Waals surface area (Å²) in [4.78, 5) is 36.8. The summed E-state index contributed by atoms with van der Waals surface area (Å²) in [5, 5.41) is 12.5. The molecular formula is C32H39F3N6O4. The van der Waals surface area contributed by atoms with Gasteiger partial charge in [0.25, 0.3) is 0 Å². The van der Waals surface area contributed by atoms with Crippen LogP contribution in [0.4, 0.5) is 24.9 Å². The average Bonchev–Trinajstić information content (AvgIpc) is 3.44. The third-order valence-corrected chi connectivity index (χ3v) is 9.25. The number of hydrogen-bond donors (Lipinski definition) is 3. The van der Waals surface area contributed by atoms with Crippen LogP contribution in [0, 0.1) is 10.8 Å². The van der Waals surface area contributed by atoms with E-state index in [4.69, 9.17) is 10.5 Å². The molecule has 5 rings (SSSR count). The maximum atomic E-state index is 15.0. The minimum atomic E-state index is -4.97. The summed E-state index contributed by atoms with van der Waals surface area (Å²) >= 11 is 0. The van der Waals surface area contributed by atoms with Crippen molar-refractivity contribution in [2.45, 2.75) is 57.3 Å². The van der Waals surface area contributed by atoms with Gasteiger partial charge in [0.15, 0.2) is 0 Å². The van der Waals surface area contributed by atoms with E-state index in [0.717, 1.165) is 5.56 Å². The quantitative estimate of drug-likeness (QED) is 0.350. The molecule has 1 aliphatic carbocycles. The summed E-state index contributed by atoms with van der Waals surface area (Å²) in [5.41, 5.74) is 4.49. The number of rotatable bonds is 9. The van der Waals surface area contributed by atoms with Crippen LogP contribution in [0.25, 0.3) is 0 Å². The molecule has 0 radical (unpaired) electrons. The van der Waals surface area contributed by atoms with E-state index in [-0.39, 0.29) is 30.4 Å². The van der Waals surface area contributed by atoms with Crippen LogP contribution >= 0.6 is 0 Å². The fraction of sp³-hybridized carbons (Fsp3) is 0.500. The first-order valence-corrected chi connectivity index (χ1v) is 15.2. The number of nitrogens with zero attached hydrogens (tertiary/aromatic N) is 4. The lowest BCUT2D eigenvalue weighted by atomic mass is 9.74. The van der Waals surface area contributed by atoms with Crippen LogP contribution in [-0.4, -0.2) is 82.9 Å². The zero-order chi connectivity index (χ0) is 32.4. The van der Waals surface area contributed by atoms with E-state index in [1.165, 1.54) is 23.1 Å². The van der Waals surface area contributed by atoms with Crippen LogP contribution in [0.1, 0.15) is 44.6 Å². The number of nitrogen functional groups attached to an aromatic ring is 1. The molecule has 0 bridgehead atoms. The Balaban J connectivity index is 1.43. The number of anilines is 2. The number of piperidine rings is 1. The number of ether oxygens (including phenoxy) is 1. The molecule has 1 aromatic carbocycles. The summed E-state index contributed by atoms with van der Waals surface area (Å²) in [6, 6.07) is 10.0. The van der Waals surface area contributed by atoms with Crippen molar-refractivity contribution in [2.75, 3.05) is 43.4 Å². The zero-order valence-corrected chi connectivity index (χ0v) is 25.3. The number of benzene rings is 1. The highest BCUT2D eigenvalue weighted by atomic mass is 19.4. The molecule has 2 aromatic rings. The fourth-order valence-corrected chi connectivity index (χ4v) is 6.65. The predicted molar refractivity (Wildman–Crippen MR) is 163 cm³/mol. The second-order valence-electron chi connectivity index (χ2n) is 12.0. The molecule has 2 fully saturated rings. The van der Waals surface area contributed by atoms with Gasteiger partial charge in [-0.1, -0.05) is 54.6 Å². The molecule has 1 amide bonds. The van der Waals surface area contributed by atoms with Gasteiger partial charge in [0.1, 0.15) is 17.3 Å². The van der Waals surface area contributed by atoms with Crippen molar-refractivity contribution in [1.82, 2.24) is 20.2 Å². The molecule has 4 N–H and O–H groups in total. The number of nitrogens with one attached hydrogen (secondary N) is 1. The van der Waals surface area contributed by atoms with Crippen LogP contribution in [0.5, 0.6) is 5.88 Å². The molecule has 1 unspecified atom stereocenters. The topological polar surface area (TPSA) is 134 Å². The van der Waals surface area contributed by atoms with Crippen molar-refractivity contribution in [3.63, 3.8) is 0 Å². The van der Waals surface area contributed by atoms with Crippen molar-refractivity contribution in [3.8, 4) is 5.88 Å². The molecule has 3 heterocycles. The Morgan fingerprint density at radius 2 is 1.78 bits per heavy atom. The Bertz CT molecular complexity index is 1420. The van der Waals surface area contributed by atoms with E-state index in [1.807, 2.05) is 35.2 Å². The lowest BCUT2D eigenvalue weighted by Crippen LogP contribution is -2.56. The third kappa shape index (κ3) is 6.63. The van der Waals surface area contributed by atoms with E-state index in [1.54, 1.807) is 26.0 Å². The largest absolute Gasteiger partial charge is 0.480 e. The number of carboxylic acid groups (broad SMARTS) is 1. The number of amides is 1. The van der Waals surface area contributed by atoms with Crippen molar-refractivity contribution < 1.29 is 32.6 Å². The Kier molecular flexibility index (Phi) is 9.11. The molecule has 13 heteroatoms. The van der Waals surface area contributed by atoms with Crippen molar-refractivity contribution in [3.05, 3.63) is 66.3 Å². The Morgan fingerprint density at radius 1 is 1.13 bits per heavy atom. The number of carbonyl (C=O) groups excluding carboxylic acids is 1. The predicted octanol–water partition coefficient (Wildman–Crippen LogP) is 4.17. The fourth-order valence-electron chi connectivity index (χ4n) is 6.65. The second kappa shape index (κ2) is 12.7. The van der Waals surface area contributed by atoms with Gasteiger partial charge in [-0.15, -0.1) is 0 Å². The molecule has 242 valence electrons. The van der Waals surface area contributed by atoms with Gasteiger partial charge in [-0.25, -0.2) is 0 Å². The van der Waals surface area contributed by atoms with E-state index < -0.39 is 41.5 Å². The van der Waals surface area contributed by atoms with Gasteiger partial charge in [0.2, 0.25) is 23.8 Å². The summed E-state index contributed by atoms with van der Waals surface area (Å²) < 4.78 is 50.7. The van der Waals surface area contributed by atoms with Gasteiger partial charge in [-0.2, -0.15) is 23.1 Å². The molecule has 1 aromatic heterocycles. The highest BCUT2D eigenvalue weighted by molar-refractivity contribution is 5.88. The molecule has 0 saturated carbocycles. The molecule has 2 saturated heterocycles. The van der Waals surface area contributed by atoms with Crippen molar-refractivity contribution >= 4 is 23.6 Å². The van der Waals surface area contributed by atoms with Crippen molar-refractivity contribution in [2.24, 2.45) is 10.8 Å². The van der Waals surface area contributed by atoms with Crippen LogP contribution in [0.15, 0.2) is 60.7 Å². The number of carbonyl (C=O) groups is 2. The SMILES string of the molecule is CCN(CC)C(=O)C1([C@@H](Oc2cc(N3CCC4(CC3)CNC(C(=O)O)C4)nc(N)n2)C(F)(F)F)C=CC(c2ccccc2)C=C1. The highest BCUT2D eigenvalue weighted by Crippen LogP contribution is 2.45. The lowest BCUT2D eigenvalue weighted by Gasteiger charge is -2.41. The van der Waals surface area contributed by atoms with E-state index >= 15 is 13.2 Å². The highest BCUT2D eigenvalue weighted by Gasteiger charge is 2.59. The van der Waals surface area contributed by atoms with E-state index in [9.17, 15) is 14.7 Å². The number of aromatic nitrogens is 2. The third-order valence-electron chi connectivity index (χ3n) is 9.25. The van der Waals surface area contributed by atoms with Gasteiger partial charge in [-0.3, -0.25) is 9.59 Å². The number of aliphatic carboxylic acids is 1. The smallest absolute Gasteiger partial charge is 0.427 e. The molecule has 45 heavy (non-hydrogen) atoms. The van der Waals surface area contributed by atoms with Crippen LogP contribution in [0.3, 0.4) is 0 Å². The monoisotopic (exact) mass is 628 g/mol. The molecule has 3 aliphatic rings. The van der Waals surface area contributed by atoms with Crippen LogP contribution in [-0.2, 0) is 9.59 Å². The van der Waals surface area contributed by atoms with E-state index in [2.05, 4.69) is 15.3 Å².